The van der Waals surface area contributed by atoms with E-state index < -0.39 is 5.91 Å². The number of amides is 3. The third kappa shape index (κ3) is 3.28. The molecule has 24 heavy (non-hydrogen) atoms. The lowest BCUT2D eigenvalue weighted by molar-refractivity contribution is -0.120. The van der Waals surface area contributed by atoms with Gasteiger partial charge in [0.1, 0.15) is 5.69 Å². The molecule has 0 fully saturated rings. The number of pyridine rings is 1. The molecule has 1 aromatic heterocycles. The van der Waals surface area contributed by atoms with Crippen molar-refractivity contribution in [1.29, 1.82) is 0 Å². The van der Waals surface area contributed by atoms with E-state index in [0.29, 0.717) is 10.6 Å². The first-order chi connectivity index (χ1) is 11.6. The Morgan fingerprint density at radius 3 is 2.58 bits per heavy atom. The third-order valence-electron chi connectivity index (χ3n) is 3.67. The molecule has 3 amide bonds. The van der Waals surface area contributed by atoms with Crippen molar-refractivity contribution >= 4 is 29.3 Å². The highest BCUT2D eigenvalue weighted by molar-refractivity contribution is 6.30. The molecule has 1 aliphatic heterocycles. The number of rotatable bonds is 5. The van der Waals surface area contributed by atoms with Gasteiger partial charge in [-0.05, 0) is 29.8 Å². The molecule has 1 N–H and O–H groups in total. The summed E-state index contributed by atoms with van der Waals surface area (Å²) in [5.74, 6) is -0.996. The predicted octanol–water partition coefficient (Wildman–Crippen LogP) is 1.69. The molecule has 0 atom stereocenters. The van der Waals surface area contributed by atoms with Gasteiger partial charge in [-0.25, -0.2) is 0 Å². The summed E-state index contributed by atoms with van der Waals surface area (Å²) < 4.78 is 0. The predicted molar refractivity (Wildman–Crippen MR) is 87.8 cm³/mol. The SMILES string of the molecule is O=C(Cc1ccc(Cl)cc1)NCCN1C(=O)c2cccnc2C1=O. The highest BCUT2D eigenvalue weighted by Gasteiger charge is 2.36. The lowest BCUT2D eigenvalue weighted by Gasteiger charge is -2.14. The maximum Gasteiger partial charge on any atom is 0.280 e. The van der Waals surface area contributed by atoms with E-state index >= 15 is 0 Å². The first-order valence-electron chi connectivity index (χ1n) is 7.38. The molecule has 6 nitrogen and oxygen atoms in total. The van der Waals surface area contributed by atoms with Crippen LogP contribution in [0.15, 0.2) is 42.6 Å². The molecule has 0 spiro atoms. The van der Waals surface area contributed by atoms with Crippen molar-refractivity contribution in [3.8, 4) is 0 Å². The Hall–Kier alpha value is -2.73. The number of nitrogens with zero attached hydrogens (tertiary/aromatic N) is 2. The number of benzene rings is 1. The smallest absolute Gasteiger partial charge is 0.280 e. The second-order valence-corrected chi connectivity index (χ2v) is 5.75. The maximum atomic E-state index is 12.1. The quantitative estimate of drug-likeness (QED) is 0.838. The van der Waals surface area contributed by atoms with Gasteiger partial charge in [0, 0.05) is 24.3 Å². The molecule has 0 bridgehead atoms. The van der Waals surface area contributed by atoms with E-state index in [4.69, 9.17) is 11.6 Å². The summed E-state index contributed by atoms with van der Waals surface area (Å²) in [7, 11) is 0. The summed E-state index contributed by atoms with van der Waals surface area (Å²) in [6, 6.07) is 10.2. The normalized spacial score (nSPS) is 13.1. The molecule has 7 heteroatoms. The van der Waals surface area contributed by atoms with Gasteiger partial charge in [-0.3, -0.25) is 24.3 Å². The molecule has 0 saturated heterocycles. The zero-order valence-corrected chi connectivity index (χ0v) is 13.4. The number of imide groups is 1. The van der Waals surface area contributed by atoms with Crippen molar-refractivity contribution in [1.82, 2.24) is 15.2 Å². The molecule has 1 aromatic carbocycles. The molecule has 2 heterocycles. The number of aromatic nitrogens is 1. The van der Waals surface area contributed by atoms with Gasteiger partial charge in [-0.2, -0.15) is 0 Å². The van der Waals surface area contributed by atoms with E-state index in [-0.39, 0.29) is 37.0 Å². The zero-order valence-electron chi connectivity index (χ0n) is 12.7. The molecular weight excluding hydrogens is 330 g/mol. The van der Waals surface area contributed by atoms with Crippen LogP contribution in [-0.2, 0) is 11.2 Å². The molecule has 0 aliphatic carbocycles. The Morgan fingerprint density at radius 1 is 1.12 bits per heavy atom. The summed E-state index contributed by atoms with van der Waals surface area (Å²) in [5, 5.41) is 3.31. The van der Waals surface area contributed by atoms with E-state index in [1.165, 1.54) is 6.20 Å². The lowest BCUT2D eigenvalue weighted by atomic mass is 10.1. The molecule has 0 unspecified atom stereocenters. The molecular formula is C17H14ClN3O3. The molecule has 0 saturated carbocycles. The summed E-state index contributed by atoms with van der Waals surface area (Å²) in [5.41, 5.74) is 1.30. The standard InChI is InChI=1S/C17H14ClN3O3/c18-12-5-3-11(4-6-12)10-14(22)19-8-9-21-16(23)13-2-1-7-20-15(13)17(21)24/h1-7H,8-10H2,(H,19,22). The van der Waals surface area contributed by atoms with Crippen molar-refractivity contribution in [3.05, 3.63) is 64.4 Å². The summed E-state index contributed by atoms with van der Waals surface area (Å²) >= 11 is 5.80. The molecule has 122 valence electrons. The van der Waals surface area contributed by atoms with Gasteiger partial charge in [-0.1, -0.05) is 23.7 Å². The van der Waals surface area contributed by atoms with Gasteiger partial charge in [-0.15, -0.1) is 0 Å². The lowest BCUT2D eigenvalue weighted by Crippen LogP contribution is -2.38. The van der Waals surface area contributed by atoms with Gasteiger partial charge in [0.2, 0.25) is 5.91 Å². The van der Waals surface area contributed by atoms with Crippen LogP contribution in [0.4, 0.5) is 0 Å². The van der Waals surface area contributed by atoms with E-state index in [9.17, 15) is 14.4 Å². The van der Waals surface area contributed by atoms with Crippen LogP contribution in [0.3, 0.4) is 0 Å². The van der Waals surface area contributed by atoms with Crippen molar-refractivity contribution in [2.24, 2.45) is 0 Å². The maximum absolute atomic E-state index is 12.1. The average molecular weight is 344 g/mol. The van der Waals surface area contributed by atoms with Gasteiger partial charge in [0.25, 0.3) is 11.8 Å². The zero-order chi connectivity index (χ0) is 17.1. The largest absolute Gasteiger partial charge is 0.354 e. The Balaban J connectivity index is 1.52. The van der Waals surface area contributed by atoms with Crippen molar-refractivity contribution in [2.45, 2.75) is 6.42 Å². The Morgan fingerprint density at radius 2 is 1.88 bits per heavy atom. The van der Waals surface area contributed by atoms with E-state index in [2.05, 4.69) is 10.3 Å². The van der Waals surface area contributed by atoms with Gasteiger partial charge in [0.05, 0.1) is 12.0 Å². The second kappa shape index (κ2) is 6.80. The average Bonchev–Trinajstić information content (AvgIpc) is 2.82. The number of fused-ring (bicyclic) bond motifs is 1. The van der Waals surface area contributed by atoms with E-state index in [1.807, 2.05) is 0 Å². The monoisotopic (exact) mass is 343 g/mol. The molecule has 1 aliphatic rings. The molecule has 0 radical (unpaired) electrons. The van der Waals surface area contributed by atoms with Crippen LogP contribution in [-0.4, -0.2) is 40.7 Å². The fourth-order valence-electron chi connectivity index (χ4n) is 2.47. The van der Waals surface area contributed by atoms with Crippen LogP contribution < -0.4 is 5.32 Å². The number of halogens is 1. The van der Waals surface area contributed by atoms with Crippen LogP contribution in [0.2, 0.25) is 5.02 Å². The minimum atomic E-state index is -0.428. The van der Waals surface area contributed by atoms with Gasteiger partial charge in [0.15, 0.2) is 0 Å². The van der Waals surface area contributed by atoms with Crippen molar-refractivity contribution < 1.29 is 14.4 Å². The van der Waals surface area contributed by atoms with E-state index in [1.54, 1.807) is 36.4 Å². The van der Waals surface area contributed by atoms with Crippen LogP contribution in [0, 0.1) is 0 Å². The fourth-order valence-corrected chi connectivity index (χ4v) is 2.60. The number of nitrogens with one attached hydrogen (secondary N) is 1. The van der Waals surface area contributed by atoms with Crippen LogP contribution >= 0.6 is 11.6 Å². The van der Waals surface area contributed by atoms with Crippen LogP contribution in [0.1, 0.15) is 26.4 Å². The van der Waals surface area contributed by atoms with Crippen LogP contribution in [0.5, 0.6) is 0 Å². The first kappa shape index (κ1) is 16.1. The van der Waals surface area contributed by atoms with Crippen molar-refractivity contribution in [2.75, 3.05) is 13.1 Å². The van der Waals surface area contributed by atoms with Gasteiger partial charge < -0.3 is 5.32 Å². The third-order valence-corrected chi connectivity index (χ3v) is 3.92. The summed E-state index contributed by atoms with van der Waals surface area (Å²) in [6.45, 7) is 0.304. The highest BCUT2D eigenvalue weighted by atomic mass is 35.5. The molecule has 3 rings (SSSR count). The Kier molecular flexibility index (Phi) is 4.57. The van der Waals surface area contributed by atoms with Gasteiger partial charge >= 0.3 is 0 Å². The summed E-state index contributed by atoms with van der Waals surface area (Å²) in [6.07, 6.45) is 1.68. The Bertz CT molecular complexity index is 770. The fraction of sp³-hybridized carbons (Fsp3) is 0.176. The number of hydrogen-bond donors (Lipinski definition) is 1. The topological polar surface area (TPSA) is 79.4 Å². The molecule has 2 aromatic rings. The number of carbonyl (C=O) groups is 3. The second-order valence-electron chi connectivity index (χ2n) is 5.31. The van der Waals surface area contributed by atoms with Crippen LogP contribution in [0.25, 0.3) is 0 Å². The number of hydrogen-bond acceptors (Lipinski definition) is 4. The Labute approximate surface area is 143 Å². The minimum Gasteiger partial charge on any atom is -0.354 e. The number of carbonyl (C=O) groups excluding carboxylic acids is 3. The van der Waals surface area contributed by atoms with E-state index in [0.717, 1.165) is 10.5 Å². The van der Waals surface area contributed by atoms with Crippen molar-refractivity contribution in [3.63, 3.8) is 0 Å². The highest BCUT2D eigenvalue weighted by Crippen LogP contribution is 2.19. The first-order valence-corrected chi connectivity index (χ1v) is 7.76. The summed E-state index contributed by atoms with van der Waals surface area (Å²) in [4.78, 5) is 41.2. The minimum absolute atomic E-state index is 0.111.